The van der Waals surface area contributed by atoms with Gasteiger partial charge in [-0.05, 0) is 44.0 Å². The van der Waals surface area contributed by atoms with Crippen molar-refractivity contribution >= 4 is 21.6 Å². The topological polar surface area (TPSA) is 91.1 Å². The third-order valence-corrected chi connectivity index (χ3v) is 4.77. The molecule has 1 heterocycles. The van der Waals surface area contributed by atoms with Crippen molar-refractivity contribution in [2.75, 3.05) is 5.32 Å². The van der Waals surface area contributed by atoms with Gasteiger partial charge in [0.15, 0.2) is 11.6 Å². The van der Waals surface area contributed by atoms with Crippen molar-refractivity contribution in [1.82, 2.24) is 9.71 Å². The molecule has 0 bridgehead atoms. The first-order chi connectivity index (χ1) is 11.6. The molecule has 0 atom stereocenters. The summed E-state index contributed by atoms with van der Waals surface area (Å²) >= 11 is 0. The van der Waals surface area contributed by atoms with Gasteiger partial charge in [0.05, 0.1) is 5.75 Å². The Morgan fingerprint density at radius 3 is 2.52 bits per heavy atom. The molecule has 0 unspecified atom stereocenters. The fourth-order valence-electron chi connectivity index (χ4n) is 2.27. The molecule has 0 saturated carbocycles. The highest BCUT2D eigenvalue weighted by atomic mass is 32.2. The maximum absolute atomic E-state index is 13.4. The lowest BCUT2D eigenvalue weighted by atomic mass is 10.2. The Morgan fingerprint density at radius 1 is 1.24 bits per heavy atom. The number of sulfonamides is 1. The van der Waals surface area contributed by atoms with E-state index in [0.29, 0.717) is 5.56 Å². The minimum Gasteiger partial charge on any atom is -0.357 e. The van der Waals surface area contributed by atoms with Gasteiger partial charge in [-0.2, -0.15) is 0 Å². The number of hydrogen-bond acceptors (Lipinski definition) is 3. The first-order valence-electron chi connectivity index (χ1n) is 7.51. The van der Waals surface area contributed by atoms with E-state index in [4.69, 9.17) is 0 Å². The number of aromatic nitrogens is 1. The highest BCUT2D eigenvalue weighted by Crippen LogP contribution is 2.19. The van der Waals surface area contributed by atoms with Crippen LogP contribution in [0.25, 0.3) is 0 Å². The fraction of sp³-hybridized carbons (Fsp3) is 0.312. The molecule has 2 aromatic rings. The Hall–Kier alpha value is -2.26. The molecule has 9 heteroatoms. The van der Waals surface area contributed by atoms with E-state index in [1.54, 1.807) is 13.8 Å². The van der Waals surface area contributed by atoms with E-state index < -0.39 is 27.6 Å². The number of hydrogen-bond donors (Lipinski definition) is 3. The molecule has 136 valence electrons. The van der Waals surface area contributed by atoms with Gasteiger partial charge in [-0.3, -0.25) is 4.79 Å². The first-order valence-corrected chi connectivity index (χ1v) is 9.17. The third kappa shape index (κ3) is 5.10. The number of aryl methyl sites for hydroxylation is 1. The van der Waals surface area contributed by atoms with Crippen LogP contribution in [0.3, 0.4) is 0 Å². The van der Waals surface area contributed by atoms with Crippen LogP contribution in [-0.4, -0.2) is 25.4 Å². The minimum absolute atomic E-state index is 0.0633. The second-order valence-electron chi connectivity index (χ2n) is 6.00. The number of rotatable bonds is 6. The van der Waals surface area contributed by atoms with Crippen molar-refractivity contribution < 1.29 is 22.0 Å². The quantitative estimate of drug-likeness (QED) is 0.729. The molecule has 0 spiro atoms. The summed E-state index contributed by atoms with van der Waals surface area (Å²) in [5, 5.41) is 2.43. The van der Waals surface area contributed by atoms with Gasteiger partial charge >= 0.3 is 0 Å². The lowest BCUT2D eigenvalue weighted by Crippen LogP contribution is -2.31. The van der Waals surface area contributed by atoms with E-state index in [0.717, 1.165) is 6.07 Å². The molecule has 2 rings (SSSR count). The summed E-state index contributed by atoms with van der Waals surface area (Å²) in [5.74, 6) is -2.90. The zero-order chi connectivity index (χ0) is 18.8. The molecule has 0 aliphatic rings. The van der Waals surface area contributed by atoms with E-state index >= 15 is 0 Å². The van der Waals surface area contributed by atoms with E-state index in [1.165, 1.54) is 25.3 Å². The average molecular weight is 371 g/mol. The molecule has 0 aliphatic carbocycles. The largest absolute Gasteiger partial charge is 0.357 e. The lowest BCUT2D eigenvalue weighted by molar-refractivity contribution is 0.102. The van der Waals surface area contributed by atoms with Crippen LogP contribution in [0.5, 0.6) is 0 Å². The highest BCUT2D eigenvalue weighted by molar-refractivity contribution is 7.88. The summed E-state index contributed by atoms with van der Waals surface area (Å²) in [5.41, 5.74) is 0.678. The number of carbonyl (C=O) groups is 1. The summed E-state index contributed by atoms with van der Waals surface area (Å²) in [6.07, 6.45) is 1.41. The fourth-order valence-corrected chi connectivity index (χ4v) is 3.68. The van der Waals surface area contributed by atoms with Crippen molar-refractivity contribution in [3.8, 4) is 0 Å². The SMILES string of the molecule is Cc1cc(NC(=O)c2cc(CS(=O)(=O)NC(C)C)c[nH]2)cc(F)c1F. The Morgan fingerprint density at radius 2 is 1.92 bits per heavy atom. The number of H-pyrrole nitrogens is 1. The van der Waals surface area contributed by atoms with Gasteiger partial charge < -0.3 is 10.3 Å². The molecular formula is C16H19F2N3O3S. The second kappa shape index (κ2) is 7.32. The number of nitrogens with one attached hydrogen (secondary N) is 3. The molecule has 1 aromatic heterocycles. The third-order valence-electron chi connectivity index (χ3n) is 3.23. The smallest absolute Gasteiger partial charge is 0.272 e. The van der Waals surface area contributed by atoms with Gasteiger partial charge in [0.1, 0.15) is 5.69 Å². The van der Waals surface area contributed by atoms with Crippen molar-refractivity contribution in [2.45, 2.75) is 32.6 Å². The maximum atomic E-state index is 13.4. The van der Waals surface area contributed by atoms with Crippen molar-refractivity contribution in [1.29, 1.82) is 0 Å². The van der Waals surface area contributed by atoms with Gasteiger partial charge in [-0.1, -0.05) is 0 Å². The van der Waals surface area contributed by atoms with Crippen molar-refractivity contribution in [2.24, 2.45) is 0 Å². The van der Waals surface area contributed by atoms with Crippen molar-refractivity contribution in [3.63, 3.8) is 0 Å². The number of halogens is 2. The van der Waals surface area contributed by atoms with Crippen LogP contribution in [0.4, 0.5) is 14.5 Å². The van der Waals surface area contributed by atoms with Crippen LogP contribution < -0.4 is 10.0 Å². The van der Waals surface area contributed by atoms with E-state index in [1.807, 2.05) is 0 Å². The van der Waals surface area contributed by atoms with Crippen LogP contribution in [0, 0.1) is 18.6 Å². The Bertz CT molecular complexity index is 869. The summed E-state index contributed by atoms with van der Waals surface area (Å²) in [7, 11) is -3.51. The zero-order valence-electron chi connectivity index (χ0n) is 14.0. The minimum atomic E-state index is -3.51. The van der Waals surface area contributed by atoms with Gasteiger partial charge in [-0.25, -0.2) is 21.9 Å². The van der Waals surface area contributed by atoms with Gasteiger partial charge in [0.2, 0.25) is 10.0 Å². The highest BCUT2D eigenvalue weighted by Gasteiger charge is 2.17. The number of aromatic amines is 1. The molecule has 0 saturated heterocycles. The standard InChI is InChI=1S/C16H19F2N3O3S/c1-9(2)21-25(23,24)8-11-5-14(19-7-11)16(22)20-12-4-10(3)15(18)13(17)6-12/h4-7,9,19,21H,8H2,1-3H3,(H,20,22). The van der Waals surface area contributed by atoms with Crippen LogP contribution in [-0.2, 0) is 15.8 Å². The van der Waals surface area contributed by atoms with Crippen LogP contribution in [0.15, 0.2) is 24.4 Å². The molecule has 25 heavy (non-hydrogen) atoms. The van der Waals surface area contributed by atoms with E-state index in [-0.39, 0.29) is 28.7 Å². The molecular weight excluding hydrogens is 352 g/mol. The Balaban J connectivity index is 2.10. The number of carbonyl (C=O) groups excluding carboxylic acids is 1. The summed E-state index contributed by atoms with van der Waals surface area (Å²) < 4.78 is 52.9. The monoisotopic (exact) mass is 371 g/mol. The van der Waals surface area contributed by atoms with Crippen molar-refractivity contribution in [3.05, 3.63) is 52.9 Å². The molecule has 3 N–H and O–H groups in total. The van der Waals surface area contributed by atoms with Gasteiger partial charge in [-0.15, -0.1) is 0 Å². The maximum Gasteiger partial charge on any atom is 0.272 e. The Kier molecular flexibility index (Phi) is 5.58. The molecule has 1 amide bonds. The van der Waals surface area contributed by atoms with Crippen LogP contribution in [0.2, 0.25) is 0 Å². The molecule has 1 aromatic carbocycles. The normalized spacial score (nSPS) is 11.8. The molecule has 6 nitrogen and oxygen atoms in total. The average Bonchev–Trinajstić information content (AvgIpc) is 2.90. The van der Waals surface area contributed by atoms with Gasteiger partial charge in [0, 0.05) is 24.0 Å². The number of anilines is 1. The van der Waals surface area contributed by atoms with Crippen LogP contribution >= 0.6 is 0 Å². The summed E-state index contributed by atoms with van der Waals surface area (Å²) in [4.78, 5) is 14.8. The molecule has 0 aliphatic heterocycles. The summed E-state index contributed by atoms with van der Waals surface area (Å²) in [6.45, 7) is 4.79. The first kappa shape index (κ1) is 19.1. The predicted molar refractivity (Wildman–Crippen MR) is 90.7 cm³/mol. The summed E-state index contributed by atoms with van der Waals surface area (Å²) in [6, 6.07) is 3.34. The molecule has 0 radical (unpaired) electrons. The lowest BCUT2D eigenvalue weighted by Gasteiger charge is -2.08. The number of amides is 1. The van der Waals surface area contributed by atoms with Crippen LogP contribution in [0.1, 0.15) is 35.5 Å². The predicted octanol–water partition coefficient (Wildman–Crippen LogP) is 2.68. The zero-order valence-corrected chi connectivity index (χ0v) is 14.8. The molecule has 0 fully saturated rings. The number of benzene rings is 1. The Labute approximate surface area is 144 Å². The van der Waals surface area contributed by atoms with E-state index in [9.17, 15) is 22.0 Å². The second-order valence-corrected chi connectivity index (χ2v) is 7.75. The van der Waals surface area contributed by atoms with E-state index in [2.05, 4.69) is 15.0 Å². The van der Waals surface area contributed by atoms with Gasteiger partial charge in [0.25, 0.3) is 5.91 Å².